The van der Waals surface area contributed by atoms with Crippen LogP contribution < -0.4 is 5.56 Å². The molecular formula is C27H27F3N4O2. The number of benzene rings is 2. The molecule has 1 amide bonds. The number of rotatable bonds is 7. The van der Waals surface area contributed by atoms with Gasteiger partial charge in [-0.2, -0.15) is 18.3 Å². The van der Waals surface area contributed by atoms with Crippen molar-refractivity contribution in [2.75, 3.05) is 6.54 Å². The van der Waals surface area contributed by atoms with E-state index in [1.54, 1.807) is 17.0 Å². The highest BCUT2D eigenvalue weighted by atomic mass is 19.4. The Morgan fingerprint density at radius 1 is 1.00 bits per heavy atom. The second-order valence-corrected chi connectivity index (χ2v) is 8.59. The summed E-state index contributed by atoms with van der Waals surface area (Å²) in [7, 11) is 0. The van der Waals surface area contributed by atoms with Gasteiger partial charge >= 0.3 is 6.18 Å². The number of fused-ring (bicyclic) bond motifs is 1. The highest BCUT2D eigenvalue weighted by Crippen LogP contribution is 2.36. The zero-order valence-corrected chi connectivity index (χ0v) is 20.3. The molecule has 0 radical (unpaired) electrons. The van der Waals surface area contributed by atoms with Crippen molar-refractivity contribution in [2.24, 2.45) is 0 Å². The predicted molar refractivity (Wildman–Crippen MR) is 132 cm³/mol. The molecule has 0 unspecified atom stereocenters. The molecule has 0 atom stereocenters. The van der Waals surface area contributed by atoms with Gasteiger partial charge in [-0.25, -0.2) is 4.68 Å². The van der Waals surface area contributed by atoms with Gasteiger partial charge in [0.2, 0.25) is 5.91 Å². The molecule has 0 bridgehead atoms. The molecule has 36 heavy (non-hydrogen) atoms. The third-order valence-corrected chi connectivity index (χ3v) is 6.23. The molecule has 0 aliphatic carbocycles. The minimum Gasteiger partial charge on any atom is -0.337 e. The molecule has 0 saturated carbocycles. The summed E-state index contributed by atoms with van der Waals surface area (Å²) < 4.78 is 44.3. The van der Waals surface area contributed by atoms with Crippen molar-refractivity contribution in [3.05, 3.63) is 93.4 Å². The second kappa shape index (κ2) is 10.0. The molecule has 0 fully saturated rings. The molecule has 0 saturated heterocycles. The third kappa shape index (κ3) is 4.91. The fraction of sp³-hybridized carbons (Fsp3) is 0.296. The van der Waals surface area contributed by atoms with Crippen LogP contribution in [0.15, 0.2) is 65.5 Å². The van der Waals surface area contributed by atoms with E-state index in [1.807, 2.05) is 56.3 Å². The van der Waals surface area contributed by atoms with Crippen molar-refractivity contribution in [3.63, 3.8) is 0 Å². The van der Waals surface area contributed by atoms with Crippen molar-refractivity contribution < 1.29 is 18.0 Å². The lowest BCUT2D eigenvalue weighted by atomic mass is 10.1. The Kier molecular flexibility index (Phi) is 7.01. The van der Waals surface area contributed by atoms with E-state index in [2.05, 4.69) is 5.10 Å². The number of amides is 1. The van der Waals surface area contributed by atoms with Gasteiger partial charge in [0.1, 0.15) is 12.2 Å². The first-order valence-electron chi connectivity index (χ1n) is 11.7. The normalized spacial score (nSPS) is 11.7. The predicted octanol–water partition coefficient (Wildman–Crippen LogP) is 5.13. The van der Waals surface area contributed by atoms with Crippen LogP contribution in [0.2, 0.25) is 0 Å². The molecule has 4 aromatic rings. The Morgan fingerprint density at radius 2 is 1.67 bits per heavy atom. The average Bonchev–Trinajstić information content (AvgIpc) is 3.20. The van der Waals surface area contributed by atoms with Gasteiger partial charge < -0.3 is 4.90 Å². The van der Waals surface area contributed by atoms with Crippen LogP contribution in [0.4, 0.5) is 13.2 Å². The van der Waals surface area contributed by atoms with E-state index in [4.69, 9.17) is 0 Å². The maximum absolute atomic E-state index is 13.9. The minimum absolute atomic E-state index is 0.0549. The number of alkyl halides is 3. The molecule has 0 aliphatic heterocycles. The molecule has 0 N–H and O–H groups in total. The van der Waals surface area contributed by atoms with E-state index in [9.17, 15) is 22.8 Å². The number of likely N-dealkylation sites (N-methyl/N-ethyl adjacent to an activating group) is 1. The minimum atomic E-state index is -4.76. The van der Waals surface area contributed by atoms with Crippen molar-refractivity contribution in [1.82, 2.24) is 19.2 Å². The number of pyridine rings is 1. The van der Waals surface area contributed by atoms with Crippen LogP contribution in [0, 0.1) is 6.92 Å². The molecule has 2 aromatic carbocycles. The van der Waals surface area contributed by atoms with Crippen LogP contribution in [-0.4, -0.2) is 31.7 Å². The lowest BCUT2D eigenvalue weighted by Gasteiger charge is -2.22. The maximum atomic E-state index is 13.9. The van der Waals surface area contributed by atoms with Crippen LogP contribution in [-0.2, 0) is 30.5 Å². The Balaban J connectivity index is 1.86. The standard InChI is InChI=1S/C27H27F3N4O2/c1-4-19-11-13-21(14-12-19)34-26-25(18(3)31-34)22(27(28,29)30)15-23(35)33(26)17-24(36)32(5-2)16-20-9-7-6-8-10-20/h6-15H,4-5,16-17H2,1-3H3. The second-order valence-electron chi connectivity index (χ2n) is 8.59. The molecule has 2 heterocycles. The van der Waals surface area contributed by atoms with Crippen LogP contribution in [0.25, 0.3) is 16.7 Å². The van der Waals surface area contributed by atoms with Crippen molar-refractivity contribution in [2.45, 2.75) is 46.5 Å². The molecule has 9 heteroatoms. The van der Waals surface area contributed by atoms with Crippen LogP contribution in [0.5, 0.6) is 0 Å². The SMILES string of the molecule is CCc1ccc(-n2nc(C)c3c(C(F)(F)F)cc(=O)n(CC(=O)N(CC)Cc4ccccc4)c32)cc1. The summed E-state index contributed by atoms with van der Waals surface area (Å²) in [4.78, 5) is 27.9. The summed E-state index contributed by atoms with van der Waals surface area (Å²) in [6, 6.07) is 17.1. The number of carbonyl (C=O) groups excluding carboxylic acids is 1. The van der Waals surface area contributed by atoms with Gasteiger partial charge in [0.15, 0.2) is 0 Å². The van der Waals surface area contributed by atoms with Gasteiger partial charge in [-0.1, -0.05) is 49.4 Å². The van der Waals surface area contributed by atoms with Crippen LogP contribution >= 0.6 is 0 Å². The quantitative estimate of drug-likeness (QED) is 0.357. The molecular weight excluding hydrogens is 469 g/mol. The van der Waals surface area contributed by atoms with Gasteiger partial charge in [0.25, 0.3) is 5.56 Å². The summed E-state index contributed by atoms with van der Waals surface area (Å²) in [5, 5.41) is 4.17. The van der Waals surface area contributed by atoms with Crippen molar-refractivity contribution in [1.29, 1.82) is 0 Å². The average molecular weight is 497 g/mol. The van der Waals surface area contributed by atoms with Crippen molar-refractivity contribution in [3.8, 4) is 5.69 Å². The van der Waals surface area contributed by atoms with E-state index in [0.29, 0.717) is 24.8 Å². The summed E-state index contributed by atoms with van der Waals surface area (Å²) in [6.07, 6.45) is -3.96. The maximum Gasteiger partial charge on any atom is 0.417 e. The van der Waals surface area contributed by atoms with E-state index < -0.39 is 23.8 Å². The first kappa shape index (κ1) is 25.2. The monoisotopic (exact) mass is 496 g/mol. The lowest BCUT2D eigenvalue weighted by Crippen LogP contribution is -2.36. The van der Waals surface area contributed by atoms with Gasteiger partial charge in [-0.05, 0) is 43.5 Å². The Labute approximate surface area is 206 Å². The van der Waals surface area contributed by atoms with Gasteiger partial charge in [-0.15, -0.1) is 0 Å². The first-order chi connectivity index (χ1) is 17.1. The number of aromatic nitrogens is 3. The highest BCUT2D eigenvalue weighted by Gasteiger charge is 2.36. The molecule has 0 spiro atoms. The van der Waals surface area contributed by atoms with Crippen LogP contribution in [0.1, 0.15) is 36.2 Å². The molecule has 188 valence electrons. The number of hydrogen-bond donors (Lipinski definition) is 0. The number of nitrogens with zero attached hydrogens (tertiary/aromatic N) is 4. The zero-order chi connectivity index (χ0) is 26.0. The Morgan fingerprint density at radius 3 is 2.25 bits per heavy atom. The van der Waals surface area contributed by atoms with Crippen molar-refractivity contribution >= 4 is 16.9 Å². The van der Waals surface area contributed by atoms with E-state index in [0.717, 1.165) is 22.1 Å². The smallest absolute Gasteiger partial charge is 0.337 e. The highest BCUT2D eigenvalue weighted by molar-refractivity contribution is 5.86. The number of carbonyl (C=O) groups is 1. The molecule has 2 aromatic heterocycles. The van der Waals surface area contributed by atoms with E-state index >= 15 is 0 Å². The fourth-order valence-corrected chi connectivity index (χ4v) is 4.30. The fourth-order valence-electron chi connectivity index (χ4n) is 4.30. The lowest BCUT2D eigenvalue weighted by molar-refractivity contribution is -0.136. The van der Waals surface area contributed by atoms with Crippen LogP contribution in [0.3, 0.4) is 0 Å². The number of aryl methyl sites for hydroxylation is 2. The molecule has 6 nitrogen and oxygen atoms in total. The third-order valence-electron chi connectivity index (χ3n) is 6.23. The molecule has 4 rings (SSSR count). The Bertz CT molecular complexity index is 1440. The topological polar surface area (TPSA) is 60.1 Å². The molecule has 0 aliphatic rings. The number of halogens is 3. The summed E-state index contributed by atoms with van der Waals surface area (Å²) in [5.74, 6) is -0.378. The Hall–Kier alpha value is -3.88. The summed E-state index contributed by atoms with van der Waals surface area (Å²) >= 11 is 0. The summed E-state index contributed by atoms with van der Waals surface area (Å²) in [5.41, 5.74) is 0.559. The summed E-state index contributed by atoms with van der Waals surface area (Å²) in [6.45, 7) is 5.58. The first-order valence-corrected chi connectivity index (χ1v) is 11.7. The number of hydrogen-bond acceptors (Lipinski definition) is 3. The zero-order valence-electron chi connectivity index (χ0n) is 20.3. The van der Waals surface area contributed by atoms with Gasteiger partial charge in [0, 0.05) is 19.2 Å². The van der Waals surface area contributed by atoms with E-state index in [-0.39, 0.29) is 22.6 Å². The largest absolute Gasteiger partial charge is 0.417 e. The van der Waals surface area contributed by atoms with Gasteiger partial charge in [-0.3, -0.25) is 14.2 Å². The van der Waals surface area contributed by atoms with Gasteiger partial charge in [0.05, 0.1) is 22.3 Å². The van der Waals surface area contributed by atoms with E-state index in [1.165, 1.54) is 11.6 Å².